The van der Waals surface area contributed by atoms with Crippen LogP contribution in [0.25, 0.3) is 10.9 Å². The summed E-state index contributed by atoms with van der Waals surface area (Å²) >= 11 is 0. The zero-order chi connectivity index (χ0) is 16.4. The summed E-state index contributed by atoms with van der Waals surface area (Å²) in [6, 6.07) is 14.0. The number of nitrogens with zero attached hydrogens (tertiary/aromatic N) is 3. The first-order chi connectivity index (χ1) is 11.8. The van der Waals surface area contributed by atoms with Crippen molar-refractivity contribution in [2.75, 3.05) is 13.1 Å². The number of fused-ring (bicyclic) bond motifs is 1. The van der Waals surface area contributed by atoms with Crippen LogP contribution < -0.4 is 0 Å². The minimum atomic E-state index is 0.0854. The van der Waals surface area contributed by atoms with Gasteiger partial charge in [0.15, 0.2) is 0 Å². The van der Waals surface area contributed by atoms with Crippen LogP contribution in [0.3, 0.4) is 0 Å². The van der Waals surface area contributed by atoms with E-state index in [1.807, 2.05) is 41.4 Å². The van der Waals surface area contributed by atoms with Crippen molar-refractivity contribution in [3.05, 3.63) is 72.2 Å². The second-order valence-electron chi connectivity index (χ2n) is 6.39. The standard InChI is InChI=1S/C20H19N3O/c24-20(18-5-3-8-21-13-18)23-9-7-15(14-23)10-16-11-17-4-1-2-6-19(17)22-12-16/h1-6,8,11-13,15H,7,9-10,14H2. The van der Waals surface area contributed by atoms with Crippen LogP contribution in [0.2, 0.25) is 0 Å². The lowest BCUT2D eigenvalue weighted by Crippen LogP contribution is -2.29. The molecular weight excluding hydrogens is 298 g/mol. The number of aromatic nitrogens is 2. The van der Waals surface area contributed by atoms with Crippen molar-refractivity contribution in [2.45, 2.75) is 12.8 Å². The van der Waals surface area contributed by atoms with Gasteiger partial charge in [0.2, 0.25) is 0 Å². The van der Waals surface area contributed by atoms with Crippen molar-refractivity contribution in [3.8, 4) is 0 Å². The van der Waals surface area contributed by atoms with Crippen molar-refractivity contribution < 1.29 is 4.79 Å². The van der Waals surface area contributed by atoms with Gasteiger partial charge < -0.3 is 4.90 Å². The maximum Gasteiger partial charge on any atom is 0.255 e. The first-order valence-corrected chi connectivity index (χ1v) is 8.32. The van der Waals surface area contributed by atoms with E-state index in [-0.39, 0.29) is 5.91 Å². The molecule has 0 spiro atoms. The molecule has 3 aromatic rings. The van der Waals surface area contributed by atoms with Crippen molar-refractivity contribution in [3.63, 3.8) is 0 Å². The average Bonchev–Trinajstić information content (AvgIpc) is 3.10. The number of carbonyl (C=O) groups excluding carboxylic acids is 1. The molecule has 1 saturated heterocycles. The van der Waals surface area contributed by atoms with Gasteiger partial charge in [0.1, 0.15) is 0 Å². The molecule has 0 radical (unpaired) electrons. The largest absolute Gasteiger partial charge is 0.338 e. The Labute approximate surface area is 141 Å². The lowest BCUT2D eigenvalue weighted by Gasteiger charge is -2.16. The van der Waals surface area contributed by atoms with Gasteiger partial charge in [0.05, 0.1) is 11.1 Å². The number of rotatable bonds is 3. The topological polar surface area (TPSA) is 46.1 Å². The van der Waals surface area contributed by atoms with Gasteiger partial charge in [-0.15, -0.1) is 0 Å². The summed E-state index contributed by atoms with van der Waals surface area (Å²) in [4.78, 5) is 23.0. The SMILES string of the molecule is O=C(c1cccnc1)N1CCC(Cc2cnc3ccccc3c2)C1. The highest BCUT2D eigenvalue weighted by Gasteiger charge is 2.27. The van der Waals surface area contributed by atoms with E-state index in [9.17, 15) is 4.79 Å². The fourth-order valence-corrected chi connectivity index (χ4v) is 3.42. The van der Waals surface area contributed by atoms with E-state index < -0.39 is 0 Å². The van der Waals surface area contributed by atoms with Gasteiger partial charge in [-0.3, -0.25) is 14.8 Å². The Bertz CT molecular complexity index is 863. The predicted molar refractivity (Wildman–Crippen MR) is 93.7 cm³/mol. The summed E-state index contributed by atoms with van der Waals surface area (Å²) < 4.78 is 0. The Hall–Kier alpha value is -2.75. The number of likely N-dealkylation sites (tertiary alicyclic amines) is 1. The molecule has 0 bridgehead atoms. The van der Waals surface area contributed by atoms with Crippen molar-refractivity contribution in [1.82, 2.24) is 14.9 Å². The second-order valence-corrected chi connectivity index (χ2v) is 6.39. The quantitative estimate of drug-likeness (QED) is 0.744. The monoisotopic (exact) mass is 317 g/mol. The third kappa shape index (κ3) is 3.00. The first-order valence-electron chi connectivity index (χ1n) is 8.32. The summed E-state index contributed by atoms with van der Waals surface area (Å²) in [7, 11) is 0. The molecule has 0 N–H and O–H groups in total. The van der Waals surface area contributed by atoms with Crippen LogP contribution in [0.1, 0.15) is 22.3 Å². The van der Waals surface area contributed by atoms with Gasteiger partial charge in [-0.2, -0.15) is 0 Å². The number of amides is 1. The Morgan fingerprint density at radius 2 is 2.08 bits per heavy atom. The van der Waals surface area contributed by atoms with Crippen LogP contribution in [-0.2, 0) is 6.42 Å². The number of hydrogen-bond acceptors (Lipinski definition) is 3. The van der Waals surface area contributed by atoms with Crippen LogP contribution in [0.5, 0.6) is 0 Å². The summed E-state index contributed by atoms with van der Waals surface area (Å²) in [5, 5.41) is 1.18. The summed E-state index contributed by atoms with van der Waals surface area (Å²) in [6.45, 7) is 1.62. The Kier molecular flexibility index (Phi) is 3.95. The summed E-state index contributed by atoms with van der Waals surface area (Å²) in [6.07, 6.45) is 7.31. The molecule has 1 fully saturated rings. The summed E-state index contributed by atoms with van der Waals surface area (Å²) in [5.41, 5.74) is 2.95. The highest BCUT2D eigenvalue weighted by molar-refractivity contribution is 5.94. The second kappa shape index (κ2) is 6.40. The van der Waals surface area contributed by atoms with E-state index in [0.717, 1.165) is 31.4 Å². The highest BCUT2D eigenvalue weighted by atomic mass is 16.2. The smallest absolute Gasteiger partial charge is 0.255 e. The highest BCUT2D eigenvalue weighted by Crippen LogP contribution is 2.23. The van der Waals surface area contributed by atoms with Gasteiger partial charge in [-0.05, 0) is 48.6 Å². The molecule has 3 heterocycles. The molecule has 0 saturated carbocycles. The Balaban J connectivity index is 1.44. The number of para-hydroxylation sites is 1. The first kappa shape index (κ1) is 14.8. The number of pyridine rings is 2. The van der Waals surface area contributed by atoms with Gasteiger partial charge in [-0.1, -0.05) is 18.2 Å². The van der Waals surface area contributed by atoms with Crippen LogP contribution in [0.4, 0.5) is 0 Å². The zero-order valence-corrected chi connectivity index (χ0v) is 13.4. The normalized spacial score (nSPS) is 17.3. The van der Waals surface area contributed by atoms with Crippen LogP contribution in [-0.4, -0.2) is 33.9 Å². The van der Waals surface area contributed by atoms with Gasteiger partial charge in [0.25, 0.3) is 5.91 Å². The van der Waals surface area contributed by atoms with E-state index in [0.29, 0.717) is 11.5 Å². The Morgan fingerprint density at radius 3 is 2.96 bits per heavy atom. The molecular formula is C20H19N3O. The third-order valence-electron chi connectivity index (χ3n) is 4.65. The van der Waals surface area contributed by atoms with Gasteiger partial charge in [0, 0.05) is 37.1 Å². The molecule has 4 heteroatoms. The zero-order valence-electron chi connectivity index (χ0n) is 13.4. The predicted octanol–water partition coefficient (Wildman–Crippen LogP) is 3.33. The minimum absolute atomic E-state index is 0.0854. The maximum atomic E-state index is 12.5. The maximum absolute atomic E-state index is 12.5. The molecule has 4 rings (SSSR count). The molecule has 1 amide bonds. The average molecular weight is 317 g/mol. The molecule has 4 nitrogen and oxygen atoms in total. The molecule has 1 aliphatic rings. The minimum Gasteiger partial charge on any atom is -0.338 e. The van der Waals surface area contributed by atoms with E-state index in [1.54, 1.807) is 12.4 Å². The lowest BCUT2D eigenvalue weighted by molar-refractivity contribution is 0.0786. The fourth-order valence-electron chi connectivity index (χ4n) is 3.42. The van der Waals surface area contributed by atoms with Crippen LogP contribution in [0, 0.1) is 5.92 Å². The number of hydrogen-bond donors (Lipinski definition) is 0. The van der Waals surface area contributed by atoms with Crippen molar-refractivity contribution in [2.24, 2.45) is 5.92 Å². The molecule has 1 unspecified atom stereocenters. The van der Waals surface area contributed by atoms with E-state index in [2.05, 4.69) is 22.1 Å². The third-order valence-corrected chi connectivity index (χ3v) is 4.65. The van der Waals surface area contributed by atoms with Crippen LogP contribution in [0.15, 0.2) is 61.1 Å². The van der Waals surface area contributed by atoms with Crippen molar-refractivity contribution in [1.29, 1.82) is 0 Å². The molecule has 1 aliphatic heterocycles. The lowest BCUT2D eigenvalue weighted by atomic mass is 9.99. The van der Waals surface area contributed by atoms with Gasteiger partial charge >= 0.3 is 0 Å². The molecule has 120 valence electrons. The van der Waals surface area contributed by atoms with Crippen LogP contribution >= 0.6 is 0 Å². The molecule has 1 atom stereocenters. The fraction of sp³-hybridized carbons (Fsp3) is 0.250. The van der Waals surface area contributed by atoms with Gasteiger partial charge in [-0.25, -0.2) is 0 Å². The molecule has 0 aliphatic carbocycles. The number of carbonyl (C=O) groups is 1. The van der Waals surface area contributed by atoms with E-state index in [1.165, 1.54) is 10.9 Å². The van der Waals surface area contributed by atoms with E-state index in [4.69, 9.17) is 0 Å². The van der Waals surface area contributed by atoms with Crippen molar-refractivity contribution >= 4 is 16.8 Å². The Morgan fingerprint density at radius 1 is 1.17 bits per heavy atom. The molecule has 2 aromatic heterocycles. The van der Waals surface area contributed by atoms with E-state index >= 15 is 0 Å². The molecule has 24 heavy (non-hydrogen) atoms. The molecule has 1 aromatic carbocycles. The number of benzene rings is 1. The summed E-state index contributed by atoms with van der Waals surface area (Å²) in [5.74, 6) is 0.579.